The predicted octanol–water partition coefficient (Wildman–Crippen LogP) is 3.99. The number of halogens is 1. The van der Waals surface area contributed by atoms with E-state index in [-0.39, 0.29) is 5.69 Å². The van der Waals surface area contributed by atoms with Gasteiger partial charge in [-0.3, -0.25) is 14.9 Å². The van der Waals surface area contributed by atoms with Gasteiger partial charge >= 0.3 is 5.69 Å². The molecule has 0 aliphatic rings. The number of hydrogen-bond acceptors (Lipinski definition) is 6. The van der Waals surface area contributed by atoms with Crippen LogP contribution in [0.15, 0.2) is 52.1 Å². The van der Waals surface area contributed by atoms with E-state index >= 15 is 0 Å². The van der Waals surface area contributed by atoms with Crippen molar-refractivity contribution in [3.63, 3.8) is 0 Å². The van der Waals surface area contributed by atoms with Crippen LogP contribution in [0.4, 0.5) is 15.8 Å². The van der Waals surface area contributed by atoms with Gasteiger partial charge in [0.2, 0.25) is 11.7 Å². The molecule has 2 aromatic carbocycles. The molecule has 3 rings (SSSR count). The number of thioether (sulfide) groups is 1. The maximum atomic E-state index is 13.3. The van der Waals surface area contributed by atoms with Gasteiger partial charge in [-0.25, -0.2) is 4.98 Å². The molecule has 1 aromatic heterocycles. The van der Waals surface area contributed by atoms with E-state index < -0.39 is 27.6 Å². The van der Waals surface area contributed by atoms with Crippen LogP contribution < -0.4 is 5.32 Å². The number of amides is 1. The Morgan fingerprint density at radius 2 is 2.12 bits per heavy atom. The third-order valence-electron chi connectivity index (χ3n) is 3.33. The number of oxazole rings is 1. The fraction of sp³-hybridized carbons (Fsp3) is 0.125. The average molecular weight is 361 g/mol. The van der Waals surface area contributed by atoms with Crippen LogP contribution in [0.1, 0.15) is 6.92 Å². The van der Waals surface area contributed by atoms with Gasteiger partial charge < -0.3 is 9.73 Å². The van der Waals surface area contributed by atoms with Gasteiger partial charge in [0.25, 0.3) is 5.22 Å². The van der Waals surface area contributed by atoms with E-state index in [1.54, 1.807) is 19.1 Å². The molecule has 9 heteroatoms. The fourth-order valence-electron chi connectivity index (χ4n) is 2.08. The number of benzene rings is 2. The summed E-state index contributed by atoms with van der Waals surface area (Å²) in [4.78, 5) is 26.4. The van der Waals surface area contributed by atoms with Crippen LogP contribution >= 0.6 is 11.8 Å². The lowest BCUT2D eigenvalue weighted by atomic mass is 10.2. The van der Waals surface area contributed by atoms with E-state index in [2.05, 4.69) is 10.3 Å². The van der Waals surface area contributed by atoms with Gasteiger partial charge in [-0.05, 0) is 31.2 Å². The molecule has 3 aromatic rings. The molecule has 1 amide bonds. The summed E-state index contributed by atoms with van der Waals surface area (Å²) in [5.41, 5.74) is 0.749. The van der Waals surface area contributed by atoms with Crippen molar-refractivity contribution in [1.82, 2.24) is 4.98 Å². The maximum absolute atomic E-state index is 13.3. The largest absolute Gasteiger partial charge is 0.431 e. The lowest BCUT2D eigenvalue weighted by molar-refractivity contribution is -0.387. The standard InChI is InChI=1S/C16H12FN3O4S/c1-9(25-16-19-12-4-2-3-5-14(12)24-16)15(21)18-10-6-7-11(17)13(8-10)20(22)23/h2-9H,1H3,(H,18,21)/t9-/m1/s1. The van der Waals surface area contributed by atoms with Crippen LogP contribution in [-0.2, 0) is 4.79 Å². The summed E-state index contributed by atoms with van der Waals surface area (Å²) in [6, 6.07) is 10.4. The topological polar surface area (TPSA) is 98.3 Å². The summed E-state index contributed by atoms with van der Waals surface area (Å²) in [5.74, 6) is -1.37. The molecule has 0 aliphatic carbocycles. The number of rotatable bonds is 5. The molecule has 128 valence electrons. The highest BCUT2D eigenvalue weighted by atomic mass is 32.2. The van der Waals surface area contributed by atoms with E-state index in [0.717, 1.165) is 23.9 Å². The highest BCUT2D eigenvalue weighted by molar-refractivity contribution is 8.00. The van der Waals surface area contributed by atoms with E-state index in [1.165, 1.54) is 6.07 Å². The van der Waals surface area contributed by atoms with Crippen LogP contribution in [0.2, 0.25) is 0 Å². The number of hydrogen-bond donors (Lipinski definition) is 1. The third-order valence-corrected chi connectivity index (χ3v) is 4.28. The number of anilines is 1. The highest BCUT2D eigenvalue weighted by Gasteiger charge is 2.20. The molecule has 25 heavy (non-hydrogen) atoms. The molecule has 0 radical (unpaired) electrons. The Bertz CT molecular complexity index is 926. The molecule has 1 N–H and O–H groups in total. The fourth-order valence-corrected chi connectivity index (χ4v) is 2.84. The SMILES string of the molecule is C[C@@H](Sc1nc2ccccc2o1)C(=O)Nc1ccc(F)c([N+](=O)[O-])c1. The van der Waals surface area contributed by atoms with Crippen molar-refractivity contribution in [2.75, 3.05) is 5.32 Å². The Kier molecular flexibility index (Phi) is 4.66. The Labute approximate surface area is 145 Å². The van der Waals surface area contributed by atoms with E-state index in [9.17, 15) is 19.3 Å². The first kappa shape index (κ1) is 16.9. The highest BCUT2D eigenvalue weighted by Crippen LogP contribution is 2.28. The van der Waals surface area contributed by atoms with E-state index in [1.807, 2.05) is 12.1 Å². The second kappa shape index (κ2) is 6.89. The minimum atomic E-state index is -0.961. The maximum Gasteiger partial charge on any atom is 0.306 e. The first-order chi connectivity index (χ1) is 11.9. The van der Waals surface area contributed by atoms with Gasteiger partial charge in [-0.2, -0.15) is 4.39 Å². The Balaban J connectivity index is 1.70. The molecule has 0 unspecified atom stereocenters. The molecule has 0 saturated heterocycles. The summed E-state index contributed by atoms with van der Waals surface area (Å²) >= 11 is 1.11. The number of para-hydroxylation sites is 2. The molecule has 1 atom stereocenters. The van der Waals surface area contributed by atoms with Crippen LogP contribution in [0.3, 0.4) is 0 Å². The lowest BCUT2D eigenvalue weighted by Crippen LogP contribution is -2.22. The predicted molar refractivity (Wildman–Crippen MR) is 91.0 cm³/mol. The molecule has 0 aliphatic heterocycles. The van der Waals surface area contributed by atoms with Crippen LogP contribution in [0.5, 0.6) is 0 Å². The zero-order valence-corrected chi connectivity index (χ0v) is 13.7. The van der Waals surface area contributed by atoms with Gasteiger partial charge in [-0.1, -0.05) is 23.9 Å². The van der Waals surface area contributed by atoms with Crippen LogP contribution in [0.25, 0.3) is 11.1 Å². The number of nitro benzene ring substituents is 1. The summed E-state index contributed by atoms with van der Waals surface area (Å²) in [6.45, 7) is 1.65. The molecule has 7 nitrogen and oxygen atoms in total. The van der Waals surface area contributed by atoms with E-state index in [4.69, 9.17) is 4.42 Å². The number of nitrogens with zero attached hydrogens (tertiary/aromatic N) is 2. The van der Waals surface area contributed by atoms with Crippen LogP contribution in [0, 0.1) is 15.9 Å². The normalized spacial score (nSPS) is 12.1. The first-order valence-corrected chi connectivity index (χ1v) is 8.09. The van der Waals surface area contributed by atoms with Gasteiger partial charge in [0.1, 0.15) is 5.52 Å². The first-order valence-electron chi connectivity index (χ1n) is 7.21. The van der Waals surface area contributed by atoms with Gasteiger partial charge in [-0.15, -0.1) is 0 Å². The summed E-state index contributed by atoms with van der Waals surface area (Å²) in [5, 5.41) is 13.0. The zero-order valence-electron chi connectivity index (χ0n) is 12.9. The minimum Gasteiger partial charge on any atom is -0.431 e. The lowest BCUT2D eigenvalue weighted by Gasteiger charge is -2.10. The smallest absolute Gasteiger partial charge is 0.306 e. The monoisotopic (exact) mass is 361 g/mol. The molecule has 1 heterocycles. The second-order valence-electron chi connectivity index (χ2n) is 5.12. The van der Waals surface area contributed by atoms with Crippen molar-refractivity contribution in [2.24, 2.45) is 0 Å². The minimum absolute atomic E-state index is 0.142. The quantitative estimate of drug-likeness (QED) is 0.419. The summed E-state index contributed by atoms with van der Waals surface area (Å²) in [6.07, 6.45) is 0. The van der Waals surface area contributed by atoms with Gasteiger partial charge in [0.15, 0.2) is 5.58 Å². The van der Waals surface area contributed by atoms with Crippen LogP contribution in [-0.4, -0.2) is 21.1 Å². The van der Waals surface area contributed by atoms with E-state index in [0.29, 0.717) is 16.3 Å². The van der Waals surface area contributed by atoms with Crippen molar-refractivity contribution in [1.29, 1.82) is 0 Å². The number of fused-ring (bicyclic) bond motifs is 1. The Morgan fingerprint density at radius 1 is 1.36 bits per heavy atom. The van der Waals surface area contributed by atoms with Crippen molar-refractivity contribution in [3.8, 4) is 0 Å². The molecule has 0 bridgehead atoms. The zero-order chi connectivity index (χ0) is 18.0. The summed E-state index contributed by atoms with van der Waals surface area (Å²) < 4.78 is 18.9. The average Bonchev–Trinajstić information content (AvgIpc) is 2.98. The summed E-state index contributed by atoms with van der Waals surface area (Å²) in [7, 11) is 0. The molecular weight excluding hydrogens is 349 g/mol. The molecule has 0 spiro atoms. The second-order valence-corrected chi connectivity index (χ2v) is 6.41. The molecule has 0 fully saturated rings. The number of carbonyl (C=O) groups is 1. The van der Waals surface area contributed by atoms with Crippen molar-refractivity contribution >= 4 is 40.1 Å². The molecule has 0 saturated carbocycles. The van der Waals surface area contributed by atoms with Crippen molar-refractivity contribution in [2.45, 2.75) is 17.4 Å². The van der Waals surface area contributed by atoms with Gasteiger partial charge in [0, 0.05) is 11.8 Å². The Morgan fingerprint density at radius 3 is 2.84 bits per heavy atom. The Hall–Kier alpha value is -2.94. The number of nitrogens with one attached hydrogen (secondary N) is 1. The van der Waals surface area contributed by atoms with Gasteiger partial charge in [0.05, 0.1) is 10.2 Å². The number of nitro groups is 1. The number of carbonyl (C=O) groups excluding carboxylic acids is 1. The number of aromatic nitrogens is 1. The van der Waals surface area contributed by atoms with Crippen molar-refractivity contribution < 1.29 is 18.5 Å². The van der Waals surface area contributed by atoms with Crippen molar-refractivity contribution in [3.05, 3.63) is 58.4 Å². The third kappa shape index (κ3) is 3.77. The molecular formula is C16H12FN3O4S.